The maximum atomic E-state index is 12.0. The monoisotopic (exact) mass is 328 g/mol. The molecule has 0 aliphatic heterocycles. The van der Waals surface area contributed by atoms with Crippen LogP contribution in [-0.2, 0) is 4.79 Å². The number of benzene rings is 1. The van der Waals surface area contributed by atoms with Crippen molar-refractivity contribution in [2.75, 3.05) is 11.9 Å². The van der Waals surface area contributed by atoms with E-state index >= 15 is 0 Å². The number of rotatable bonds is 4. The molecule has 1 N–H and O–H groups in total. The van der Waals surface area contributed by atoms with Gasteiger partial charge in [-0.05, 0) is 80.5 Å². The van der Waals surface area contributed by atoms with Crippen molar-refractivity contribution in [2.24, 2.45) is 17.8 Å². The zero-order chi connectivity index (χ0) is 16.9. The van der Waals surface area contributed by atoms with E-state index in [1.807, 2.05) is 17.0 Å². The Balaban J connectivity index is 1.62. The third-order valence-corrected chi connectivity index (χ3v) is 6.31. The zero-order valence-electron chi connectivity index (χ0n) is 14.0. The SMILES string of the molecule is CN(O)C(=O)c1ccc(N(C=O)C23CC4CC(CC(C4)C2)C3)cc1. The molecule has 0 spiro atoms. The van der Waals surface area contributed by atoms with Crippen LogP contribution in [-0.4, -0.2) is 35.2 Å². The van der Waals surface area contributed by atoms with Gasteiger partial charge in [0.2, 0.25) is 6.41 Å². The summed E-state index contributed by atoms with van der Waals surface area (Å²) in [5.41, 5.74) is 1.24. The van der Waals surface area contributed by atoms with Gasteiger partial charge in [-0.25, -0.2) is 5.06 Å². The number of hydrogen-bond donors (Lipinski definition) is 1. The van der Waals surface area contributed by atoms with Crippen LogP contribution in [0.25, 0.3) is 0 Å². The molecule has 0 heterocycles. The molecule has 1 aromatic rings. The molecule has 4 aliphatic rings. The number of carbonyl (C=O) groups excluding carboxylic acids is 2. The van der Waals surface area contributed by atoms with Gasteiger partial charge in [0.25, 0.3) is 5.91 Å². The minimum absolute atomic E-state index is 0.0319. The van der Waals surface area contributed by atoms with Crippen LogP contribution >= 0.6 is 0 Å². The van der Waals surface area contributed by atoms with Crippen molar-refractivity contribution in [3.05, 3.63) is 29.8 Å². The first-order valence-corrected chi connectivity index (χ1v) is 8.82. The van der Waals surface area contributed by atoms with Crippen molar-refractivity contribution < 1.29 is 14.8 Å². The fourth-order valence-corrected chi connectivity index (χ4v) is 5.76. The standard InChI is InChI=1S/C19H24N2O3/c1-20(24)18(23)16-2-4-17(5-3-16)21(12-22)19-9-13-6-14(10-19)8-15(7-13)11-19/h2-5,12-15,24H,6-11H2,1H3. The van der Waals surface area contributed by atoms with Gasteiger partial charge >= 0.3 is 0 Å². The molecule has 0 atom stereocenters. The number of carbonyl (C=O) groups is 2. The van der Waals surface area contributed by atoms with Gasteiger partial charge in [0.1, 0.15) is 0 Å². The van der Waals surface area contributed by atoms with Crippen LogP contribution in [0.5, 0.6) is 0 Å². The molecule has 24 heavy (non-hydrogen) atoms. The Labute approximate surface area is 142 Å². The highest BCUT2D eigenvalue weighted by Gasteiger charge is 2.53. The fraction of sp³-hybridized carbons (Fsp3) is 0.579. The predicted octanol–water partition coefficient (Wildman–Crippen LogP) is 3.08. The second-order valence-corrected chi connectivity index (χ2v) is 7.99. The van der Waals surface area contributed by atoms with Crippen LogP contribution in [0.4, 0.5) is 5.69 Å². The first-order chi connectivity index (χ1) is 11.5. The van der Waals surface area contributed by atoms with Crippen LogP contribution in [0.2, 0.25) is 0 Å². The molecule has 128 valence electrons. The van der Waals surface area contributed by atoms with Gasteiger partial charge in [0.15, 0.2) is 0 Å². The summed E-state index contributed by atoms with van der Waals surface area (Å²) in [6.45, 7) is 0. The topological polar surface area (TPSA) is 60.9 Å². The van der Waals surface area contributed by atoms with Gasteiger partial charge in [-0.2, -0.15) is 0 Å². The zero-order valence-corrected chi connectivity index (χ0v) is 14.0. The van der Waals surface area contributed by atoms with Crippen LogP contribution in [0, 0.1) is 17.8 Å². The van der Waals surface area contributed by atoms with Crippen LogP contribution < -0.4 is 4.90 Å². The lowest BCUT2D eigenvalue weighted by Gasteiger charge is -2.59. The van der Waals surface area contributed by atoms with E-state index < -0.39 is 5.91 Å². The van der Waals surface area contributed by atoms with E-state index in [1.165, 1.54) is 26.3 Å². The lowest BCUT2D eigenvalue weighted by molar-refractivity contribution is -0.110. The highest BCUT2D eigenvalue weighted by Crippen LogP contribution is 2.58. The minimum Gasteiger partial charge on any atom is -0.309 e. The summed E-state index contributed by atoms with van der Waals surface area (Å²) >= 11 is 0. The van der Waals surface area contributed by atoms with E-state index in [1.54, 1.807) is 12.1 Å². The average Bonchev–Trinajstić information content (AvgIpc) is 2.54. The van der Waals surface area contributed by atoms with Gasteiger partial charge in [0.05, 0.1) is 0 Å². The lowest BCUT2D eigenvalue weighted by atomic mass is 9.52. The van der Waals surface area contributed by atoms with Gasteiger partial charge in [-0.1, -0.05) is 0 Å². The molecular formula is C19H24N2O3. The van der Waals surface area contributed by atoms with E-state index in [0.29, 0.717) is 10.6 Å². The first-order valence-electron chi connectivity index (χ1n) is 8.82. The van der Waals surface area contributed by atoms with Crippen molar-refractivity contribution in [3.8, 4) is 0 Å². The summed E-state index contributed by atoms with van der Waals surface area (Å²) in [5.74, 6) is 1.85. The molecule has 2 amide bonds. The largest absolute Gasteiger partial charge is 0.309 e. The Morgan fingerprint density at radius 2 is 1.58 bits per heavy atom. The predicted molar refractivity (Wildman–Crippen MR) is 89.8 cm³/mol. The molecule has 0 aromatic heterocycles. The van der Waals surface area contributed by atoms with E-state index in [-0.39, 0.29) is 5.54 Å². The van der Waals surface area contributed by atoms with Crippen LogP contribution in [0.1, 0.15) is 48.9 Å². The normalized spacial score (nSPS) is 33.3. The molecule has 4 aliphatic carbocycles. The van der Waals surface area contributed by atoms with Crippen molar-refractivity contribution in [3.63, 3.8) is 0 Å². The third kappa shape index (κ3) is 2.42. The van der Waals surface area contributed by atoms with Crippen LogP contribution in [0.15, 0.2) is 24.3 Å². The van der Waals surface area contributed by atoms with Crippen molar-refractivity contribution in [1.82, 2.24) is 5.06 Å². The van der Waals surface area contributed by atoms with Crippen molar-refractivity contribution in [1.29, 1.82) is 0 Å². The maximum Gasteiger partial charge on any atom is 0.276 e. The smallest absolute Gasteiger partial charge is 0.276 e. The molecular weight excluding hydrogens is 304 g/mol. The molecule has 5 rings (SSSR count). The van der Waals surface area contributed by atoms with Gasteiger partial charge in [0, 0.05) is 23.8 Å². The lowest BCUT2D eigenvalue weighted by Crippen LogP contribution is -2.60. The second kappa shape index (κ2) is 5.59. The Hall–Kier alpha value is -1.88. The number of hydrogen-bond acceptors (Lipinski definition) is 3. The molecule has 0 saturated heterocycles. The molecule has 0 unspecified atom stereocenters. The molecule has 4 saturated carbocycles. The second-order valence-electron chi connectivity index (χ2n) is 7.99. The Kier molecular flexibility index (Phi) is 3.64. The molecule has 5 nitrogen and oxygen atoms in total. The Bertz CT molecular complexity index is 618. The molecule has 4 bridgehead atoms. The fourth-order valence-electron chi connectivity index (χ4n) is 5.76. The number of amides is 2. The first kappa shape index (κ1) is 15.6. The van der Waals surface area contributed by atoms with E-state index in [2.05, 4.69) is 0 Å². The third-order valence-electron chi connectivity index (χ3n) is 6.31. The maximum absolute atomic E-state index is 12.0. The Morgan fingerprint density at radius 3 is 2.00 bits per heavy atom. The molecule has 1 aromatic carbocycles. The van der Waals surface area contributed by atoms with Crippen LogP contribution in [0.3, 0.4) is 0 Å². The number of anilines is 1. The minimum atomic E-state index is -0.450. The Morgan fingerprint density at radius 1 is 1.08 bits per heavy atom. The van der Waals surface area contributed by atoms with Gasteiger partial charge < -0.3 is 4.90 Å². The highest BCUT2D eigenvalue weighted by atomic mass is 16.5. The molecule has 5 heteroatoms. The van der Waals surface area contributed by atoms with Gasteiger partial charge in [-0.15, -0.1) is 0 Å². The van der Waals surface area contributed by atoms with Crippen molar-refractivity contribution >= 4 is 18.0 Å². The summed E-state index contributed by atoms with van der Waals surface area (Å²) in [6.07, 6.45) is 8.31. The summed E-state index contributed by atoms with van der Waals surface area (Å²) in [4.78, 5) is 25.7. The summed E-state index contributed by atoms with van der Waals surface area (Å²) in [6, 6.07) is 7.01. The van der Waals surface area contributed by atoms with Gasteiger partial charge in [-0.3, -0.25) is 14.8 Å². The summed E-state index contributed by atoms with van der Waals surface area (Å²) in [5, 5.41) is 9.84. The summed E-state index contributed by atoms with van der Waals surface area (Å²) in [7, 11) is 1.31. The van der Waals surface area contributed by atoms with E-state index in [4.69, 9.17) is 0 Å². The quantitative estimate of drug-likeness (QED) is 0.525. The summed E-state index contributed by atoms with van der Waals surface area (Å²) < 4.78 is 0. The number of nitrogens with zero attached hydrogens (tertiary/aromatic N) is 2. The average molecular weight is 328 g/mol. The van der Waals surface area contributed by atoms with E-state index in [9.17, 15) is 14.8 Å². The highest BCUT2D eigenvalue weighted by molar-refractivity contribution is 5.94. The number of hydroxylamine groups is 2. The molecule has 0 radical (unpaired) electrons. The van der Waals surface area contributed by atoms with Crippen molar-refractivity contribution in [2.45, 2.75) is 44.1 Å². The van der Waals surface area contributed by atoms with E-state index in [0.717, 1.165) is 49.1 Å². The molecule has 4 fully saturated rings.